The van der Waals surface area contributed by atoms with E-state index in [9.17, 15) is 9.59 Å². The molecule has 31 heavy (non-hydrogen) atoms. The van der Waals surface area contributed by atoms with E-state index in [-0.39, 0.29) is 18.0 Å². The van der Waals surface area contributed by atoms with Gasteiger partial charge >= 0.3 is 0 Å². The van der Waals surface area contributed by atoms with Gasteiger partial charge in [-0.05, 0) is 56.3 Å². The van der Waals surface area contributed by atoms with Gasteiger partial charge in [0.2, 0.25) is 5.91 Å². The molecule has 1 fully saturated rings. The Labute approximate surface area is 181 Å². The van der Waals surface area contributed by atoms with Crippen molar-refractivity contribution in [3.8, 4) is 17.1 Å². The van der Waals surface area contributed by atoms with Crippen LogP contribution in [-0.4, -0.2) is 35.2 Å². The summed E-state index contributed by atoms with van der Waals surface area (Å²) in [5.41, 5.74) is 6.64. The van der Waals surface area contributed by atoms with Gasteiger partial charge in [0.05, 0.1) is 17.5 Å². The Kier molecular flexibility index (Phi) is 6.62. The van der Waals surface area contributed by atoms with Gasteiger partial charge in [0.25, 0.3) is 5.56 Å². The first-order valence-corrected chi connectivity index (χ1v) is 10.9. The Morgan fingerprint density at radius 3 is 2.71 bits per heavy atom. The second-order valence-corrected chi connectivity index (χ2v) is 7.96. The first-order chi connectivity index (χ1) is 15.2. The van der Waals surface area contributed by atoms with Crippen molar-refractivity contribution in [2.24, 2.45) is 11.7 Å². The minimum atomic E-state index is -0.252. The van der Waals surface area contributed by atoms with Gasteiger partial charge < -0.3 is 15.8 Å². The van der Waals surface area contributed by atoms with Crippen LogP contribution in [0.4, 0.5) is 0 Å². The lowest BCUT2D eigenvalue weighted by atomic mass is 10.1. The van der Waals surface area contributed by atoms with E-state index in [4.69, 9.17) is 15.5 Å². The number of amides is 1. The summed E-state index contributed by atoms with van der Waals surface area (Å²) in [4.78, 5) is 30.7. The highest BCUT2D eigenvalue weighted by Crippen LogP contribution is 2.27. The van der Waals surface area contributed by atoms with Crippen molar-refractivity contribution in [1.82, 2.24) is 14.9 Å². The monoisotopic (exact) mass is 420 g/mol. The number of hydrogen-bond acceptors (Lipinski definition) is 5. The van der Waals surface area contributed by atoms with Crippen LogP contribution in [0.15, 0.2) is 53.3 Å². The summed E-state index contributed by atoms with van der Waals surface area (Å²) in [5.74, 6) is 1.49. The molecule has 2 aromatic carbocycles. The molecule has 3 N–H and O–H groups in total. The molecule has 0 saturated heterocycles. The van der Waals surface area contributed by atoms with E-state index in [0.29, 0.717) is 48.1 Å². The largest absolute Gasteiger partial charge is 0.494 e. The van der Waals surface area contributed by atoms with Gasteiger partial charge in [-0.15, -0.1) is 0 Å². The van der Waals surface area contributed by atoms with E-state index in [0.717, 1.165) is 31.2 Å². The average molecular weight is 421 g/mol. The minimum absolute atomic E-state index is 0.0691. The normalized spacial score (nSPS) is 13.3. The molecular weight excluding hydrogens is 392 g/mol. The summed E-state index contributed by atoms with van der Waals surface area (Å²) in [6.45, 7) is 1.76. The van der Waals surface area contributed by atoms with Crippen molar-refractivity contribution in [2.75, 3.05) is 19.7 Å². The van der Waals surface area contributed by atoms with E-state index >= 15 is 0 Å². The highest BCUT2D eigenvalue weighted by molar-refractivity contribution is 5.82. The van der Waals surface area contributed by atoms with Crippen molar-refractivity contribution in [2.45, 2.75) is 32.2 Å². The quantitative estimate of drug-likeness (QED) is 0.491. The zero-order chi connectivity index (χ0) is 21.6. The topological polar surface area (TPSA) is 99.2 Å². The SMILES string of the molecule is NCCCCOc1ccc2nc(-c3ccccc3)n(CC(=O)NCC3CC3)c(=O)c2c1. The number of benzene rings is 2. The van der Waals surface area contributed by atoms with Gasteiger partial charge in [-0.2, -0.15) is 0 Å². The van der Waals surface area contributed by atoms with E-state index in [1.54, 1.807) is 12.1 Å². The summed E-state index contributed by atoms with van der Waals surface area (Å²) in [7, 11) is 0. The van der Waals surface area contributed by atoms with Gasteiger partial charge in [-0.3, -0.25) is 14.2 Å². The molecule has 1 amide bonds. The van der Waals surface area contributed by atoms with Crippen LogP contribution in [0.1, 0.15) is 25.7 Å². The molecule has 0 aliphatic heterocycles. The number of unbranched alkanes of at least 4 members (excludes halogenated alkanes) is 1. The van der Waals surface area contributed by atoms with Crippen LogP contribution in [0.5, 0.6) is 5.75 Å². The highest BCUT2D eigenvalue weighted by Gasteiger charge is 2.22. The summed E-state index contributed by atoms with van der Waals surface area (Å²) in [6, 6.07) is 14.8. The van der Waals surface area contributed by atoms with Crippen LogP contribution in [0.3, 0.4) is 0 Å². The number of nitrogens with two attached hydrogens (primary N) is 1. The minimum Gasteiger partial charge on any atom is -0.494 e. The van der Waals surface area contributed by atoms with E-state index < -0.39 is 0 Å². The number of nitrogens with zero attached hydrogens (tertiary/aromatic N) is 2. The van der Waals surface area contributed by atoms with Crippen LogP contribution in [0, 0.1) is 5.92 Å². The maximum atomic E-state index is 13.4. The van der Waals surface area contributed by atoms with Crippen molar-refractivity contribution in [1.29, 1.82) is 0 Å². The molecule has 1 aliphatic carbocycles. The van der Waals surface area contributed by atoms with Gasteiger partial charge in [-0.1, -0.05) is 30.3 Å². The average Bonchev–Trinajstić information content (AvgIpc) is 3.62. The second-order valence-electron chi connectivity index (χ2n) is 7.96. The number of fused-ring (bicyclic) bond motifs is 1. The molecule has 0 spiro atoms. The molecule has 3 aromatic rings. The van der Waals surface area contributed by atoms with Gasteiger partial charge in [0.15, 0.2) is 0 Å². The third-order valence-corrected chi connectivity index (χ3v) is 5.41. The molecule has 7 nitrogen and oxygen atoms in total. The molecule has 7 heteroatoms. The first-order valence-electron chi connectivity index (χ1n) is 10.9. The van der Waals surface area contributed by atoms with Crippen molar-refractivity contribution >= 4 is 16.8 Å². The number of carbonyl (C=O) groups is 1. The Bertz CT molecular complexity index is 1110. The molecule has 4 rings (SSSR count). The molecule has 1 aromatic heterocycles. The molecule has 0 bridgehead atoms. The molecule has 0 atom stereocenters. The number of nitrogens with one attached hydrogen (secondary N) is 1. The molecule has 0 radical (unpaired) electrons. The fourth-order valence-electron chi connectivity index (χ4n) is 3.46. The standard InChI is InChI=1S/C24H28N4O3/c25-12-4-5-13-31-19-10-11-21-20(14-19)24(30)28(16-22(29)26-15-17-8-9-17)23(27-21)18-6-2-1-3-7-18/h1-3,6-7,10-11,14,17H,4-5,8-9,12-13,15-16,25H2,(H,26,29). The summed E-state index contributed by atoms with van der Waals surface area (Å²) >= 11 is 0. The first kappa shape index (κ1) is 21.1. The molecule has 1 saturated carbocycles. The molecule has 1 heterocycles. The predicted molar refractivity (Wildman–Crippen MR) is 121 cm³/mol. The Hall–Kier alpha value is -3.19. The lowest BCUT2D eigenvalue weighted by Gasteiger charge is -2.14. The van der Waals surface area contributed by atoms with Crippen LogP contribution < -0.4 is 21.3 Å². The fourth-order valence-corrected chi connectivity index (χ4v) is 3.46. The number of rotatable bonds is 10. The summed E-state index contributed by atoms with van der Waals surface area (Å²) in [6.07, 6.45) is 4.05. The molecule has 0 unspecified atom stereocenters. The summed E-state index contributed by atoms with van der Waals surface area (Å²) in [5, 5.41) is 3.37. The fraction of sp³-hybridized carbons (Fsp3) is 0.375. The van der Waals surface area contributed by atoms with Gasteiger partial charge in [0.1, 0.15) is 18.1 Å². The molecular formula is C24H28N4O3. The van der Waals surface area contributed by atoms with Crippen molar-refractivity contribution < 1.29 is 9.53 Å². The lowest BCUT2D eigenvalue weighted by molar-refractivity contribution is -0.121. The zero-order valence-electron chi connectivity index (χ0n) is 17.5. The zero-order valence-corrected chi connectivity index (χ0v) is 17.5. The smallest absolute Gasteiger partial charge is 0.262 e. The summed E-state index contributed by atoms with van der Waals surface area (Å²) < 4.78 is 7.22. The van der Waals surface area contributed by atoms with Crippen molar-refractivity contribution in [3.63, 3.8) is 0 Å². The van der Waals surface area contributed by atoms with E-state index in [2.05, 4.69) is 5.32 Å². The number of hydrogen-bond donors (Lipinski definition) is 2. The Balaban J connectivity index is 1.68. The third-order valence-electron chi connectivity index (χ3n) is 5.41. The Morgan fingerprint density at radius 1 is 1.16 bits per heavy atom. The number of ether oxygens (including phenoxy) is 1. The number of aromatic nitrogens is 2. The van der Waals surface area contributed by atoms with E-state index in [1.165, 1.54) is 4.57 Å². The second kappa shape index (κ2) is 9.75. The van der Waals surface area contributed by atoms with E-state index in [1.807, 2.05) is 36.4 Å². The van der Waals surface area contributed by atoms with Crippen LogP contribution in [0.25, 0.3) is 22.3 Å². The van der Waals surface area contributed by atoms with Crippen molar-refractivity contribution in [3.05, 3.63) is 58.9 Å². The van der Waals surface area contributed by atoms with Gasteiger partial charge in [-0.25, -0.2) is 4.98 Å². The lowest BCUT2D eigenvalue weighted by Crippen LogP contribution is -2.34. The Morgan fingerprint density at radius 2 is 1.97 bits per heavy atom. The third kappa shape index (κ3) is 5.30. The molecule has 162 valence electrons. The van der Waals surface area contributed by atoms with Crippen LogP contribution in [-0.2, 0) is 11.3 Å². The van der Waals surface area contributed by atoms with Gasteiger partial charge in [0, 0.05) is 12.1 Å². The maximum absolute atomic E-state index is 13.4. The van der Waals surface area contributed by atoms with Crippen LogP contribution in [0.2, 0.25) is 0 Å². The molecule has 1 aliphatic rings. The number of carbonyl (C=O) groups excluding carboxylic acids is 1. The maximum Gasteiger partial charge on any atom is 0.262 e. The van der Waals surface area contributed by atoms with Crippen LogP contribution >= 0.6 is 0 Å². The highest BCUT2D eigenvalue weighted by atomic mass is 16.5. The predicted octanol–water partition coefficient (Wildman–Crippen LogP) is 2.71.